The summed E-state index contributed by atoms with van der Waals surface area (Å²) >= 11 is 2.96. The minimum Gasteiger partial charge on any atom is -0.462 e. The van der Waals surface area contributed by atoms with E-state index >= 15 is 0 Å². The second-order valence-corrected chi connectivity index (χ2v) is 12.6. The number of rotatable bonds is 8. The van der Waals surface area contributed by atoms with Gasteiger partial charge in [-0.05, 0) is 26.4 Å². The van der Waals surface area contributed by atoms with Crippen LogP contribution < -0.4 is 9.80 Å². The van der Waals surface area contributed by atoms with Gasteiger partial charge in [-0.25, -0.2) is 29.5 Å². The van der Waals surface area contributed by atoms with Gasteiger partial charge in [-0.3, -0.25) is 0 Å². The van der Waals surface area contributed by atoms with Gasteiger partial charge in [0.25, 0.3) is 0 Å². The molecule has 5 rings (SSSR count). The Balaban J connectivity index is 1.20. The Morgan fingerprint density at radius 3 is 1.36 bits per heavy atom. The zero-order chi connectivity index (χ0) is 29.7. The van der Waals surface area contributed by atoms with E-state index in [4.69, 9.17) is 19.4 Å². The van der Waals surface area contributed by atoms with E-state index in [0.29, 0.717) is 46.3 Å². The zero-order valence-electron chi connectivity index (χ0n) is 25.1. The Morgan fingerprint density at radius 2 is 1.05 bits per heavy atom. The quantitative estimate of drug-likeness (QED) is 0.187. The molecule has 2 aromatic heterocycles. The van der Waals surface area contributed by atoms with Crippen LogP contribution in [0, 0.1) is 0 Å². The van der Waals surface area contributed by atoms with Crippen LogP contribution in [-0.4, -0.2) is 145 Å². The fourth-order valence-corrected chi connectivity index (χ4v) is 6.94. The van der Waals surface area contributed by atoms with Crippen molar-refractivity contribution in [1.82, 2.24) is 19.9 Å². The number of piperazine rings is 3. The number of anilines is 2. The summed E-state index contributed by atoms with van der Waals surface area (Å²) in [6, 6.07) is 0. The molecule has 0 aromatic carbocycles. The first kappa shape index (κ1) is 30.8. The molecular formula is C28H42N8O4S2+2. The molecule has 0 N–H and O–H groups in total. The van der Waals surface area contributed by atoms with Gasteiger partial charge < -0.3 is 28.2 Å². The highest BCUT2D eigenvalue weighted by Gasteiger charge is 2.46. The highest BCUT2D eigenvalue weighted by Crippen LogP contribution is 2.30. The van der Waals surface area contributed by atoms with E-state index in [9.17, 15) is 9.59 Å². The van der Waals surface area contributed by atoms with Crippen LogP contribution in [0.2, 0.25) is 0 Å². The van der Waals surface area contributed by atoms with E-state index in [1.807, 2.05) is 26.4 Å². The van der Waals surface area contributed by atoms with Crippen molar-refractivity contribution in [3.05, 3.63) is 23.5 Å². The van der Waals surface area contributed by atoms with Crippen LogP contribution >= 0.6 is 23.5 Å². The Hall–Kier alpha value is -2.68. The summed E-state index contributed by atoms with van der Waals surface area (Å²) in [5.41, 5.74) is 0.896. The molecule has 2 aromatic rings. The first-order chi connectivity index (χ1) is 20.3. The third-order valence-electron chi connectivity index (χ3n) is 8.92. The number of ether oxygens (including phenoxy) is 2. The van der Waals surface area contributed by atoms with Crippen molar-refractivity contribution in [3.63, 3.8) is 0 Å². The second kappa shape index (κ2) is 13.3. The Labute approximate surface area is 256 Å². The summed E-state index contributed by atoms with van der Waals surface area (Å²) in [6.45, 7) is 16.4. The number of carbonyl (C=O) groups excluding carboxylic acids is 2. The molecule has 2 spiro atoms. The molecule has 0 radical (unpaired) electrons. The summed E-state index contributed by atoms with van der Waals surface area (Å²) in [4.78, 5) is 47.8. The van der Waals surface area contributed by atoms with Gasteiger partial charge >= 0.3 is 11.9 Å². The van der Waals surface area contributed by atoms with Crippen molar-refractivity contribution in [1.29, 1.82) is 0 Å². The van der Waals surface area contributed by atoms with Crippen LogP contribution in [0.25, 0.3) is 0 Å². The van der Waals surface area contributed by atoms with Gasteiger partial charge in [0, 0.05) is 12.4 Å². The molecular weight excluding hydrogens is 576 g/mol. The van der Waals surface area contributed by atoms with E-state index in [1.54, 1.807) is 12.4 Å². The van der Waals surface area contributed by atoms with Gasteiger partial charge in [-0.2, -0.15) is 0 Å². The largest absolute Gasteiger partial charge is 0.462 e. The lowest BCUT2D eigenvalue weighted by molar-refractivity contribution is -1.03. The summed E-state index contributed by atoms with van der Waals surface area (Å²) in [5, 5.41) is 1.33. The predicted molar refractivity (Wildman–Crippen MR) is 163 cm³/mol. The molecule has 3 saturated heterocycles. The van der Waals surface area contributed by atoms with E-state index in [-0.39, 0.29) is 11.9 Å². The number of carbonyl (C=O) groups is 2. The Bertz CT molecular complexity index is 1170. The lowest BCUT2D eigenvalue weighted by atomic mass is 10.1. The summed E-state index contributed by atoms with van der Waals surface area (Å²) in [5.74, 6) is 0.663. The lowest BCUT2D eigenvalue weighted by Gasteiger charge is -2.54. The average Bonchev–Trinajstić information content (AvgIpc) is 3.03. The fourth-order valence-electron chi connectivity index (χ4n) is 6.27. The van der Waals surface area contributed by atoms with Crippen molar-refractivity contribution >= 4 is 47.1 Å². The first-order valence-electron chi connectivity index (χ1n) is 14.7. The van der Waals surface area contributed by atoms with Gasteiger partial charge in [0.2, 0.25) is 0 Å². The topological polar surface area (TPSA) is 111 Å². The van der Waals surface area contributed by atoms with Crippen molar-refractivity contribution in [2.45, 2.75) is 24.2 Å². The van der Waals surface area contributed by atoms with Gasteiger partial charge in [0.1, 0.15) is 48.9 Å². The molecule has 12 nitrogen and oxygen atoms in total. The third kappa shape index (κ3) is 6.46. The molecule has 0 bridgehead atoms. The standard InChI is InChI=1S/C28H42N8O4S2/c1-5-39-25(37)21-19-29-27(41-3)31-23(21)33-7-11-35(12-8-33)15-17-36(18-16-35)13-9-34(10-14-36)24-22(26(38)40-6-2)20-30-28(32-24)42-4/h19-20H,5-18H2,1-4H3/q+2. The number of aromatic nitrogens is 4. The third-order valence-corrected chi connectivity index (χ3v) is 10.0. The van der Waals surface area contributed by atoms with E-state index in [1.165, 1.54) is 23.5 Å². The molecule has 3 fully saturated rings. The number of thioether (sulfide) groups is 2. The molecule has 3 aliphatic rings. The van der Waals surface area contributed by atoms with E-state index in [2.05, 4.69) is 19.8 Å². The summed E-state index contributed by atoms with van der Waals surface area (Å²) < 4.78 is 12.8. The maximum atomic E-state index is 12.6. The first-order valence-corrected chi connectivity index (χ1v) is 17.2. The van der Waals surface area contributed by atoms with Crippen LogP contribution in [-0.2, 0) is 9.47 Å². The summed E-state index contributed by atoms with van der Waals surface area (Å²) in [6.07, 6.45) is 7.11. The van der Waals surface area contributed by atoms with E-state index < -0.39 is 0 Å². The zero-order valence-corrected chi connectivity index (χ0v) is 26.7. The number of nitrogens with zero attached hydrogens (tertiary/aromatic N) is 8. The maximum Gasteiger partial charge on any atom is 0.343 e. The normalized spacial score (nSPS) is 19.6. The molecule has 0 unspecified atom stereocenters. The van der Waals surface area contributed by atoms with Crippen LogP contribution in [0.4, 0.5) is 11.6 Å². The Kier molecular flexibility index (Phi) is 9.75. The van der Waals surface area contributed by atoms with Crippen LogP contribution in [0.3, 0.4) is 0 Å². The molecule has 42 heavy (non-hydrogen) atoms. The maximum absolute atomic E-state index is 12.6. The molecule has 228 valence electrons. The molecule has 0 aliphatic carbocycles. The fraction of sp³-hybridized carbons (Fsp3) is 0.643. The predicted octanol–water partition coefficient (Wildman–Crippen LogP) is 2.05. The molecule has 0 amide bonds. The van der Waals surface area contributed by atoms with Gasteiger partial charge in [-0.15, -0.1) is 0 Å². The number of hydrogen-bond acceptors (Lipinski definition) is 12. The van der Waals surface area contributed by atoms with Crippen molar-refractivity contribution in [2.24, 2.45) is 0 Å². The second-order valence-electron chi connectivity index (χ2n) is 11.1. The minimum atomic E-state index is -0.362. The molecule has 14 heteroatoms. The van der Waals surface area contributed by atoms with Crippen molar-refractivity contribution in [3.8, 4) is 0 Å². The highest BCUT2D eigenvalue weighted by atomic mass is 32.2. The monoisotopic (exact) mass is 618 g/mol. The van der Waals surface area contributed by atoms with E-state index in [0.717, 1.165) is 87.5 Å². The Morgan fingerprint density at radius 1 is 0.690 bits per heavy atom. The van der Waals surface area contributed by atoms with Crippen molar-refractivity contribution in [2.75, 3.05) is 114 Å². The van der Waals surface area contributed by atoms with Crippen LogP contribution in [0.15, 0.2) is 22.7 Å². The molecule has 0 atom stereocenters. The van der Waals surface area contributed by atoms with Crippen LogP contribution in [0.5, 0.6) is 0 Å². The van der Waals surface area contributed by atoms with Gasteiger partial charge in [0.15, 0.2) is 10.3 Å². The van der Waals surface area contributed by atoms with Crippen molar-refractivity contribution < 1.29 is 28.0 Å². The lowest BCUT2D eigenvalue weighted by Crippen LogP contribution is -2.73. The number of quaternary nitrogens is 2. The smallest absolute Gasteiger partial charge is 0.343 e. The molecule has 3 aliphatic heterocycles. The highest BCUT2D eigenvalue weighted by molar-refractivity contribution is 7.98. The number of hydrogen-bond donors (Lipinski definition) is 0. The molecule has 5 heterocycles. The van der Waals surface area contributed by atoms with Gasteiger partial charge in [0.05, 0.1) is 65.6 Å². The summed E-state index contributed by atoms with van der Waals surface area (Å²) in [7, 11) is 0. The number of esters is 2. The molecule has 0 saturated carbocycles. The SMILES string of the molecule is CCOC(=O)c1cnc(SC)nc1N1CC[N+]2(CC1)CC[N+]1(CCN(c3nc(SC)ncc3C(=O)OCC)CC1)CC2. The minimum absolute atomic E-state index is 0.324. The average molecular weight is 619 g/mol. The van der Waals surface area contributed by atoms with Crippen LogP contribution in [0.1, 0.15) is 34.6 Å². The van der Waals surface area contributed by atoms with Gasteiger partial charge in [-0.1, -0.05) is 23.5 Å².